The minimum atomic E-state index is -0.940. The lowest BCUT2D eigenvalue weighted by Crippen LogP contribution is -2.22. The number of anilines is 2. The summed E-state index contributed by atoms with van der Waals surface area (Å²) in [6.45, 7) is 17.1. The normalized spacial score (nSPS) is 11.3. The summed E-state index contributed by atoms with van der Waals surface area (Å²) in [6, 6.07) is 21.9. The average Bonchev–Trinajstić information content (AvgIpc) is 2.87. The molecule has 0 radical (unpaired) electrons. The van der Waals surface area contributed by atoms with Crippen LogP contribution in [0.3, 0.4) is 0 Å². The third-order valence-electron chi connectivity index (χ3n) is 7.07. The molecular formula is C32H40N2O2. The fourth-order valence-corrected chi connectivity index (χ4v) is 5.03. The van der Waals surface area contributed by atoms with Gasteiger partial charge in [-0.1, -0.05) is 36.4 Å². The third kappa shape index (κ3) is 6.17. The summed E-state index contributed by atoms with van der Waals surface area (Å²) in [4.78, 5) is 15.7. The van der Waals surface area contributed by atoms with Gasteiger partial charge >= 0.3 is 5.97 Å². The molecule has 4 nitrogen and oxygen atoms in total. The molecule has 1 N–H and O–H groups in total. The maximum absolute atomic E-state index is 10.9. The summed E-state index contributed by atoms with van der Waals surface area (Å²) < 4.78 is 0. The molecule has 3 rings (SSSR count). The van der Waals surface area contributed by atoms with Crippen LogP contribution in [0.15, 0.2) is 66.7 Å². The van der Waals surface area contributed by atoms with E-state index in [4.69, 9.17) is 5.11 Å². The average molecular weight is 485 g/mol. The van der Waals surface area contributed by atoms with Crippen LogP contribution in [0, 0.1) is 13.8 Å². The molecule has 0 aliphatic rings. The molecule has 0 aliphatic carbocycles. The van der Waals surface area contributed by atoms with E-state index in [1.807, 2.05) is 12.1 Å². The Morgan fingerprint density at radius 3 is 1.56 bits per heavy atom. The number of hydrogen-bond donors (Lipinski definition) is 1. The molecule has 0 bridgehead atoms. The quantitative estimate of drug-likeness (QED) is 0.229. The summed E-state index contributed by atoms with van der Waals surface area (Å²) in [5, 5.41) is 8.98. The molecule has 0 aromatic heterocycles. The largest absolute Gasteiger partial charge is 0.478 e. The summed E-state index contributed by atoms with van der Waals surface area (Å²) in [7, 11) is 0. The SMILES string of the molecule is CCN(CC)c1ccc(C(c2ccc(C=CC(=O)O)cc2)c2ccc(N(CC)CC)cc2C)c(C)c1. The van der Waals surface area contributed by atoms with E-state index >= 15 is 0 Å². The molecule has 36 heavy (non-hydrogen) atoms. The van der Waals surface area contributed by atoms with Gasteiger partial charge in [-0.05, 0) is 105 Å². The first-order valence-electron chi connectivity index (χ1n) is 13.0. The van der Waals surface area contributed by atoms with E-state index in [-0.39, 0.29) is 5.92 Å². The van der Waals surface area contributed by atoms with E-state index in [0.717, 1.165) is 31.7 Å². The van der Waals surface area contributed by atoms with Crippen LogP contribution in [-0.2, 0) is 4.79 Å². The number of aryl methyl sites for hydroxylation is 2. The number of benzene rings is 3. The fourth-order valence-electron chi connectivity index (χ4n) is 5.03. The van der Waals surface area contributed by atoms with Crippen LogP contribution in [0.1, 0.15) is 67.0 Å². The Morgan fingerprint density at radius 1 is 0.750 bits per heavy atom. The van der Waals surface area contributed by atoms with Gasteiger partial charge in [-0.2, -0.15) is 0 Å². The molecule has 0 atom stereocenters. The summed E-state index contributed by atoms with van der Waals surface area (Å²) >= 11 is 0. The lowest BCUT2D eigenvalue weighted by atomic mass is 9.80. The summed E-state index contributed by atoms with van der Waals surface area (Å²) in [6.07, 6.45) is 2.81. The zero-order valence-electron chi connectivity index (χ0n) is 22.6. The minimum absolute atomic E-state index is 0.0824. The molecule has 190 valence electrons. The van der Waals surface area contributed by atoms with Crippen molar-refractivity contribution in [1.29, 1.82) is 0 Å². The van der Waals surface area contributed by atoms with Gasteiger partial charge in [0, 0.05) is 49.5 Å². The Hall–Kier alpha value is -3.53. The standard InChI is InChI=1S/C32H40N2O2/c1-7-33(8-2)27-16-18-29(23(5)21-27)32(26-14-11-25(12-15-26)13-20-31(35)36)30-19-17-28(22-24(30)6)34(9-3)10-4/h11-22,32H,7-10H2,1-6H3,(H,35,36). The lowest BCUT2D eigenvalue weighted by molar-refractivity contribution is -0.131. The van der Waals surface area contributed by atoms with Crippen molar-refractivity contribution in [2.24, 2.45) is 0 Å². The second-order valence-corrected chi connectivity index (χ2v) is 9.20. The summed E-state index contributed by atoms with van der Waals surface area (Å²) in [5.74, 6) is -0.858. The van der Waals surface area contributed by atoms with Gasteiger partial charge in [0.15, 0.2) is 0 Å². The number of carboxylic acids is 1. The van der Waals surface area contributed by atoms with Crippen molar-refractivity contribution in [3.05, 3.63) is 100 Å². The molecule has 3 aromatic carbocycles. The highest BCUT2D eigenvalue weighted by atomic mass is 16.4. The van der Waals surface area contributed by atoms with E-state index in [9.17, 15) is 4.79 Å². The zero-order chi connectivity index (χ0) is 26.2. The first kappa shape index (κ1) is 27.1. The van der Waals surface area contributed by atoms with Crippen molar-refractivity contribution >= 4 is 23.4 Å². The van der Waals surface area contributed by atoms with Crippen LogP contribution in [-0.4, -0.2) is 37.3 Å². The number of carbonyl (C=O) groups is 1. The highest BCUT2D eigenvalue weighted by molar-refractivity contribution is 5.85. The van der Waals surface area contributed by atoms with Gasteiger partial charge in [0.25, 0.3) is 0 Å². The van der Waals surface area contributed by atoms with Crippen molar-refractivity contribution in [3.63, 3.8) is 0 Å². The highest BCUT2D eigenvalue weighted by Crippen LogP contribution is 2.38. The minimum Gasteiger partial charge on any atom is -0.478 e. The smallest absolute Gasteiger partial charge is 0.328 e. The molecule has 0 saturated heterocycles. The Bertz CT molecular complexity index is 1130. The highest BCUT2D eigenvalue weighted by Gasteiger charge is 2.22. The number of hydrogen-bond acceptors (Lipinski definition) is 3. The van der Waals surface area contributed by atoms with E-state index < -0.39 is 5.97 Å². The van der Waals surface area contributed by atoms with E-state index in [1.165, 1.54) is 45.3 Å². The van der Waals surface area contributed by atoms with Gasteiger partial charge in [-0.15, -0.1) is 0 Å². The number of rotatable bonds is 11. The third-order valence-corrected chi connectivity index (χ3v) is 7.07. The van der Waals surface area contributed by atoms with Gasteiger partial charge in [-0.25, -0.2) is 4.79 Å². The van der Waals surface area contributed by atoms with E-state index in [2.05, 4.69) is 99.9 Å². The van der Waals surface area contributed by atoms with E-state index in [0.29, 0.717) is 0 Å². The fraction of sp³-hybridized carbons (Fsp3) is 0.344. The molecule has 0 aliphatic heterocycles. The number of carboxylic acid groups (broad SMARTS) is 1. The van der Waals surface area contributed by atoms with Crippen molar-refractivity contribution in [2.75, 3.05) is 36.0 Å². The van der Waals surface area contributed by atoms with Crippen LogP contribution < -0.4 is 9.80 Å². The molecule has 4 heteroatoms. The van der Waals surface area contributed by atoms with E-state index in [1.54, 1.807) is 6.08 Å². The Balaban J connectivity index is 2.13. The number of nitrogens with zero attached hydrogens (tertiary/aromatic N) is 2. The zero-order valence-corrected chi connectivity index (χ0v) is 22.6. The Morgan fingerprint density at radius 2 is 1.19 bits per heavy atom. The molecule has 0 unspecified atom stereocenters. The first-order valence-corrected chi connectivity index (χ1v) is 13.0. The van der Waals surface area contributed by atoms with Crippen molar-refractivity contribution < 1.29 is 9.90 Å². The van der Waals surface area contributed by atoms with Gasteiger partial charge in [0.1, 0.15) is 0 Å². The molecule has 0 heterocycles. The van der Waals surface area contributed by atoms with Crippen molar-refractivity contribution in [1.82, 2.24) is 0 Å². The van der Waals surface area contributed by atoms with Gasteiger partial charge < -0.3 is 14.9 Å². The molecule has 0 fully saturated rings. The second-order valence-electron chi connectivity index (χ2n) is 9.20. The summed E-state index contributed by atoms with van der Waals surface area (Å²) in [5.41, 5.74) is 9.70. The lowest BCUT2D eigenvalue weighted by Gasteiger charge is -2.27. The van der Waals surface area contributed by atoms with Crippen LogP contribution in [0.2, 0.25) is 0 Å². The van der Waals surface area contributed by atoms with Crippen LogP contribution in [0.4, 0.5) is 11.4 Å². The number of aliphatic carboxylic acids is 1. The van der Waals surface area contributed by atoms with Gasteiger partial charge in [-0.3, -0.25) is 0 Å². The first-order chi connectivity index (χ1) is 17.3. The Labute approximate surface area is 216 Å². The van der Waals surface area contributed by atoms with Crippen molar-refractivity contribution in [2.45, 2.75) is 47.5 Å². The van der Waals surface area contributed by atoms with Crippen LogP contribution >= 0.6 is 0 Å². The predicted octanol–water partition coefficient (Wildman–Crippen LogP) is 7.27. The second kappa shape index (κ2) is 12.4. The molecule has 3 aromatic rings. The maximum Gasteiger partial charge on any atom is 0.328 e. The molecule has 0 saturated carbocycles. The maximum atomic E-state index is 10.9. The predicted molar refractivity (Wildman–Crippen MR) is 154 cm³/mol. The van der Waals surface area contributed by atoms with Gasteiger partial charge in [0.2, 0.25) is 0 Å². The molecule has 0 amide bonds. The van der Waals surface area contributed by atoms with Crippen molar-refractivity contribution in [3.8, 4) is 0 Å². The van der Waals surface area contributed by atoms with Gasteiger partial charge in [0.05, 0.1) is 0 Å². The molecule has 0 spiro atoms. The molecular weight excluding hydrogens is 444 g/mol. The Kier molecular flexibility index (Phi) is 9.35. The van der Waals surface area contributed by atoms with Crippen LogP contribution in [0.25, 0.3) is 6.08 Å². The topological polar surface area (TPSA) is 43.8 Å². The monoisotopic (exact) mass is 484 g/mol. The van der Waals surface area contributed by atoms with Crippen LogP contribution in [0.5, 0.6) is 0 Å².